The number of hydrogen-bond acceptors (Lipinski definition) is 5. The van der Waals surface area contributed by atoms with E-state index >= 15 is 0 Å². The molecule has 0 atom stereocenters. The van der Waals surface area contributed by atoms with Crippen molar-refractivity contribution in [1.82, 2.24) is 14.7 Å². The molecule has 0 unspecified atom stereocenters. The fourth-order valence-electron chi connectivity index (χ4n) is 2.82. The zero-order chi connectivity index (χ0) is 18.9. The molecular weight excluding hydrogens is 316 g/mol. The average Bonchev–Trinajstić information content (AvgIpc) is 3.01. The molecule has 0 spiro atoms. The summed E-state index contributed by atoms with van der Waals surface area (Å²) >= 11 is 0. The van der Waals surface area contributed by atoms with Crippen LogP contribution in [0.3, 0.4) is 0 Å². The third-order valence-corrected chi connectivity index (χ3v) is 4.64. The van der Waals surface area contributed by atoms with Crippen molar-refractivity contribution in [3.05, 3.63) is 11.9 Å². The largest absolute Gasteiger partial charge is 0.379 e. The maximum absolute atomic E-state index is 11.4. The Morgan fingerprint density at radius 3 is 2.28 bits per heavy atom. The van der Waals surface area contributed by atoms with Gasteiger partial charge in [0.2, 0.25) is 0 Å². The normalized spacial score (nSPS) is 18.7. The summed E-state index contributed by atoms with van der Waals surface area (Å²) in [5.74, 6) is -0.326. The van der Waals surface area contributed by atoms with E-state index in [4.69, 9.17) is 10.5 Å². The average molecular weight is 355 g/mol. The summed E-state index contributed by atoms with van der Waals surface area (Å²) in [6, 6.07) is 0. The number of amides is 1. The van der Waals surface area contributed by atoms with Crippen molar-refractivity contribution in [2.24, 2.45) is 5.73 Å². The van der Waals surface area contributed by atoms with Crippen LogP contribution in [-0.4, -0.2) is 72.2 Å². The van der Waals surface area contributed by atoms with E-state index in [2.05, 4.69) is 49.3 Å². The van der Waals surface area contributed by atoms with Crippen LogP contribution in [0.1, 0.15) is 53.9 Å². The summed E-state index contributed by atoms with van der Waals surface area (Å²) in [6.07, 6.45) is 5.39. The molecule has 0 radical (unpaired) electrons. The van der Waals surface area contributed by atoms with Crippen LogP contribution >= 0.6 is 0 Å². The Balaban J connectivity index is 0.000000324. The number of hydrogen-bond donors (Lipinski definition) is 1. The van der Waals surface area contributed by atoms with Crippen molar-refractivity contribution in [2.75, 3.05) is 46.1 Å². The molecule has 1 fully saturated rings. The molecule has 25 heavy (non-hydrogen) atoms. The summed E-state index contributed by atoms with van der Waals surface area (Å²) in [6.45, 7) is 17.7. The third-order valence-electron chi connectivity index (χ3n) is 4.64. The van der Waals surface area contributed by atoms with Crippen LogP contribution in [-0.2, 0) is 9.53 Å². The van der Waals surface area contributed by atoms with E-state index in [1.165, 1.54) is 19.4 Å². The molecular formula is C19H38N4O2. The van der Waals surface area contributed by atoms with Crippen molar-refractivity contribution in [1.29, 1.82) is 0 Å². The highest BCUT2D eigenvalue weighted by Crippen LogP contribution is 2.24. The molecule has 146 valence electrons. The molecule has 2 aliphatic rings. The fraction of sp³-hybridized carbons (Fsp3) is 0.842. The minimum absolute atomic E-state index is 0.0280. The number of nitrogens with zero attached hydrogens (tertiary/aromatic N) is 3. The second kappa shape index (κ2) is 10.7. The third kappa shape index (κ3) is 7.65. The molecule has 1 saturated heterocycles. The summed E-state index contributed by atoms with van der Waals surface area (Å²) in [5, 5.41) is 0. The summed E-state index contributed by atoms with van der Waals surface area (Å²) in [7, 11) is 0. The van der Waals surface area contributed by atoms with Gasteiger partial charge in [0, 0.05) is 31.4 Å². The number of rotatable bonds is 6. The molecule has 2 N–H and O–H groups in total. The van der Waals surface area contributed by atoms with Gasteiger partial charge in [0.25, 0.3) is 5.91 Å². The predicted octanol–water partition coefficient (Wildman–Crippen LogP) is 2.22. The highest BCUT2D eigenvalue weighted by Gasteiger charge is 2.30. The van der Waals surface area contributed by atoms with Gasteiger partial charge in [0.1, 0.15) is 5.70 Å². The fourth-order valence-corrected chi connectivity index (χ4v) is 2.82. The SMILES string of the molecule is CCCCCN1CN(C(C)(C)C)C=C1C(N)=O.CCN1CCOCC1. The lowest BCUT2D eigenvalue weighted by Gasteiger charge is -2.33. The molecule has 6 heteroatoms. The van der Waals surface area contributed by atoms with Crippen molar-refractivity contribution >= 4 is 5.91 Å². The lowest BCUT2D eigenvalue weighted by molar-refractivity contribution is -0.115. The minimum atomic E-state index is -0.326. The first-order valence-corrected chi connectivity index (χ1v) is 9.63. The molecule has 0 aromatic heterocycles. The van der Waals surface area contributed by atoms with Gasteiger partial charge >= 0.3 is 0 Å². The topological polar surface area (TPSA) is 62.0 Å². The van der Waals surface area contributed by atoms with Crippen LogP contribution in [0.4, 0.5) is 0 Å². The quantitative estimate of drug-likeness (QED) is 0.741. The smallest absolute Gasteiger partial charge is 0.266 e. The standard InChI is InChI=1S/C13H25N3O.C6H13NO/c1-5-6-7-8-15-10-16(13(2,3)4)9-11(15)12(14)17;1-2-7-3-5-8-6-4-7/h9H,5-8,10H2,1-4H3,(H2,14,17);2-6H2,1H3. The molecule has 2 aliphatic heterocycles. The minimum Gasteiger partial charge on any atom is -0.379 e. The van der Waals surface area contributed by atoms with Gasteiger partial charge in [-0.3, -0.25) is 9.69 Å². The molecule has 0 bridgehead atoms. The number of primary amides is 1. The summed E-state index contributed by atoms with van der Waals surface area (Å²) < 4.78 is 5.16. The van der Waals surface area contributed by atoms with Crippen molar-refractivity contribution in [3.63, 3.8) is 0 Å². The lowest BCUT2D eigenvalue weighted by Crippen LogP contribution is -2.40. The maximum Gasteiger partial charge on any atom is 0.266 e. The zero-order valence-electron chi connectivity index (χ0n) is 16.9. The van der Waals surface area contributed by atoms with Gasteiger partial charge in [-0.15, -0.1) is 0 Å². The van der Waals surface area contributed by atoms with E-state index in [0.717, 1.165) is 45.9 Å². The van der Waals surface area contributed by atoms with Crippen LogP contribution in [0.5, 0.6) is 0 Å². The number of carbonyl (C=O) groups is 1. The maximum atomic E-state index is 11.4. The number of unbranched alkanes of at least 4 members (excludes halogenated alkanes) is 2. The zero-order valence-corrected chi connectivity index (χ0v) is 16.9. The summed E-state index contributed by atoms with van der Waals surface area (Å²) in [5.41, 5.74) is 6.10. The Morgan fingerprint density at radius 1 is 1.20 bits per heavy atom. The van der Waals surface area contributed by atoms with E-state index < -0.39 is 0 Å². The Kier molecular flexibility index (Phi) is 9.28. The van der Waals surface area contributed by atoms with Gasteiger partial charge in [0.15, 0.2) is 0 Å². The van der Waals surface area contributed by atoms with E-state index in [-0.39, 0.29) is 11.4 Å². The number of likely N-dealkylation sites (N-methyl/N-ethyl adjacent to an activating group) is 1. The first kappa shape index (κ1) is 21.8. The molecule has 2 rings (SSSR count). The summed E-state index contributed by atoms with van der Waals surface area (Å²) in [4.78, 5) is 18.0. The van der Waals surface area contributed by atoms with Crippen LogP contribution in [0.2, 0.25) is 0 Å². The molecule has 1 amide bonds. The van der Waals surface area contributed by atoms with Crippen molar-refractivity contribution < 1.29 is 9.53 Å². The van der Waals surface area contributed by atoms with Gasteiger partial charge in [-0.05, 0) is 33.7 Å². The Bertz CT molecular complexity index is 426. The van der Waals surface area contributed by atoms with Gasteiger partial charge in [-0.25, -0.2) is 0 Å². The van der Waals surface area contributed by atoms with Gasteiger partial charge in [-0.2, -0.15) is 0 Å². The molecule has 0 aromatic rings. The van der Waals surface area contributed by atoms with Gasteiger partial charge < -0.3 is 20.3 Å². The predicted molar refractivity (Wildman–Crippen MR) is 103 cm³/mol. The van der Waals surface area contributed by atoms with Crippen molar-refractivity contribution in [2.45, 2.75) is 59.4 Å². The second-order valence-electron chi connectivity index (χ2n) is 7.68. The van der Waals surface area contributed by atoms with Crippen LogP contribution in [0, 0.1) is 0 Å². The van der Waals surface area contributed by atoms with Crippen LogP contribution in [0.15, 0.2) is 11.9 Å². The van der Waals surface area contributed by atoms with E-state index in [1.807, 2.05) is 6.20 Å². The highest BCUT2D eigenvalue weighted by atomic mass is 16.5. The monoisotopic (exact) mass is 354 g/mol. The number of ether oxygens (including phenoxy) is 1. The van der Waals surface area contributed by atoms with E-state index in [1.54, 1.807) is 0 Å². The lowest BCUT2D eigenvalue weighted by atomic mass is 10.1. The molecule has 0 saturated carbocycles. The van der Waals surface area contributed by atoms with E-state index in [9.17, 15) is 4.79 Å². The second-order valence-corrected chi connectivity index (χ2v) is 7.68. The number of carbonyl (C=O) groups excluding carboxylic acids is 1. The molecule has 6 nitrogen and oxygen atoms in total. The Labute approximate surface area is 154 Å². The molecule has 0 aromatic carbocycles. The number of morpholine rings is 1. The van der Waals surface area contributed by atoms with Gasteiger partial charge in [0.05, 0.1) is 19.9 Å². The van der Waals surface area contributed by atoms with Gasteiger partial charge in [-0.1, -0.05) is 26.7 Å². The van der Waals surface area contributed by atoms with Crippen LogP contribution < -0.4 is 5.73 Å². The van der Waals surface area contributed by atoms with Crippen LogP contribution in [0.25, 0.3) is 0 Å². The van der Waals surface area contributed by atoms with E-state index in [0.29, 0.717) is 5.70 Å². The molecule has 0 aliphatic carbocycles. The first-order chi connectivity index (χ1) is 11.8. The first-order valence-electron chi connectivity index (χ1n) is 9.63. The Hall–Kier alpha value is -1.27. The highest BCUT2D eigenvalue weighted by molar-refractivity contribution is 5.91. The Morgan fingerprint density at radius 2 is 1.84 bits per heavy atom. The molecule has 2 heterocycles. The number of nitrogens with two attached hydrogens (primary N) is 1. The van der Waals surface area contributed by atoms with Crippen molar-refractivity contribution in [3.8, 4) is 0 Å².